The number of carbonyl (C=O) groups excluding carboxylic acids is 1. The molecule has 0 aliphatic carbocycles. The molecule has 4 nitrogen and oxygen atoms in total. The Balaban J connectivity index is 1.80. The van der Waals surface area contributed by atoms with Crippen molar-refractivity contribution in [2.45, 2.75) is 45.7 Å². The zero-order valence-electron chi connectivity index (χ0n) is 17.3. The van der Waals surface area contributed by atoms with Gasteiger partial charge in [0.25, 0.3) is 0 Å². The molecule has 2 aromatic rings. The van der Waals surface area contributed by atoms with E-state index < -0.39 is 9.84 Å². The summed E-state index contributed by atoms with van der Waals surface area (Å²) in [6.45, 7) is 6.72. The van der Waals surface area contributed by atoms with Crippen LogP contribution >= 0.6 is 0 Å². The fourth-order valence-electron chi connectivity index (χ4n) is 3.55. The highest BCUT2D eigenvalue weighted by Gasteiger charge is 2.34. The Bertz CT molecular complexity index is 974. The van der Waals surface area contributed by atoms with Crippen molar-refractivity contribution in [1.29, 1.82) is 0 Å². The minimum atomic E-state index is -3.07. The zero-order valence-corrected chi connectivity index (χ0v) is 18.2. The summed E-state index contributed by atoms with van der Waals surface area (Å²) < 4.78 is 24.0. The molecular weight excluding hydrogens is 382 g/mol. The van der Waals surface area contributed by atoms with Crippen molar-refractivity contribution >= 4 is 21.8 Å². The average Bonchev–Trinajstić information content (AvgIpc) is 3.05. The lowest BCUT2D eigenvalue weighted by molar-refractivity contribution is -0.128. The second-order valence-corrected chi connectivity index (χ2v) is 10.4. The lowest BCUT2D eigenvalue weighted by Gasteiger charge is -2.27. The molecule has 0 radical (unpaired) electrons. The molecule has 0 unspecified atom stereocenters. The Morgan fingerprint density at radius 2 is 1.76 bits per heavy atom. The van der Waals surface area contributed by atoms with E-state index in [1.807, 2.05) is 43.3 Å². The molecule has 1 atom stereocenters. The molecule has 154 valence electrons. The third-order valence-corrected chi connectivity index (χ3v) is 7.18. The Kier molecular flexibility index (Phi) is 6.58. The van der Waals surface area contributed by atoms with Gasteiger partial charge in [0, 0.05) is 18.7 Å². The lowest BCUT2D eigenvalue weighted by atomic mass is 10.0. The first-order chi connectivity index (χ1) is 13.7. The molecule has 1 heterocycles. The van der Waals surface area contributed by atoms with Gasteiger partial charge in [0.05, 0.1) is 11.5 Å². The van der Waals surface area contributed by atoms with Gasteiger partial charge in [0.2, 0.25) is 5.91 Å². The highest BCUT2D eigenvalue weighted by atomic mass is 32.2. The topological polar surface area (TPSA) is 54.5 Å². The molecule has 1 fully saturated rings. The Morgan fingerprint density at radius 3 is 2.31 bits per heavy atom. The molecule has 1 saturated heterocycles. The number of benzene rings is 2. The summed E-state index contributed by atoms with van der Waals surface area (Å²) in [6, 6.07) is 15.9. The fraction of sp³-hybridized carbons (Fsp3) is 0.375. The first kappa shape index (κ1) is 21.3. The van der Waals surface area contributed by atoms with Crippen LogP contribution in [0.1, 0.15) is 48.4 Å². The lowest BCUT2D eigenvalue weighted by Crippen LogP contribution is -2.39. The second-order valence-electron chi connectivity index (χ2n) is 8.16. The van der Waals surface area contributed by atoms with E-state index in [2.05, 4.69) is 26.0 Å². The van der Waals surface area contributed by atoms with E-state index >= 15 is 0 Å². The summed E-state index contributed by atoms with van der Waals surface area (Å²) in [6.07, 6.45) is 3.84. The summed E-state index contributed by atoms with van der Waals surface area (Å²) >= 11 is 0. The Morgan fingerprint density at radius 1 is 1.10 bits per heavy atom. The first-order valence-corrected chi connectivity index (χ1v) is 11.9. The van der Waals surface area contributed by atoms with Gasteiger partial charge in [-0.05, 0) is 42.0 Å². The van der Waals surface area contributed by atoms with Crippen LogP contribution < -0.4 is 0 Å². The smallest absolute Gasteiger partial charge is 0.247 e. The Labute approximate surface area is 174 Å². The third-order valence-electron chi connectivity index (χ3n) is 5.43. The van der Waals surface area contributed by atoms with Crippen LogP contribution in [-0.2, 0) is 21.2 Å². The molecule has 0 N–H and O–H groups in total. The van der Waals surface area contributed by atoms with Crippen LogP contribution in [0.4, 0.5) is 0 Å². The van der Waals surface area contributed by atoms with Crippen LogP contribution in [0.15, 0.2) is 54.6 Å². The molecule has 0 aromatic heterocycles. The van der Waals surface area contributed by atoms with E-state index in [0.29, 0.717) is 18.9 Å². The molecule has 1 aliphatic heterocycles. The standard InChI is InChI=1S/C24H29NO3S/c1-18(2)22-11-8-21(9-12-22)16-25(23-14-15-29(27,28)17-23)24(26)13-10-20-6-4-19(3)5-7-20/h4-13,18,23H,14-17H2,1-3H3/b13-10+/t23-/m0/s1. The van der Waals surface area contributed by atoms with E-state index in [1.54, 1.807) is 17.1 Å². The van der Waals surface area contributed by atoms with Gasteiger partial charge in [-0.1, -0.05) is 67.9 Å². The van der Waals surface area contributed by atoms with E-state index in [0.717, 1.165) is 16.7 Å². The van der Waals surface area contributed by atoms with E-state index in [-0.39, 0.29) is 23.5 Å². The predicted molar refractivity (Wildman–Crippen MR) is 118 cm³/mol. The zero-order chi connectivity index (χ0) is 21.0. The summed E-state index contributed by atoms with van der Waals surface area (Å²) in [4.78, 5) is 14.7. The highest BCUT2D eigenvalue weighted by Crippen LogP contribution is 2.22. The second kappa shape index (κ2) is 8.95. The SMILES string of the molecule is Cc1ccc(/C=C/C(=O)N(Cc2ccc(C(C)C)cc2)[C@H]2CCS(=O)(=O)C2)cc1. The minimum absolute atomic E-state index is 0.0428. The largest absolute Gasteiger partial charge is 0.331 e. The highest BCUT2D eigenvalue weighted by molar-refractivity contribution is 7.91. The predicted octanol–water partition coefficient (Wildman–Crippen LogP) is 4.35. The molecule has 3 rings (SSSR count). The molecule has 1 amide bonds. The average molecular weight is 412 g/mol. The van der Waals surface area contributed by atoms with Gasteiger partial charge in [-0.25, -0.2) is 8.42 Å². The number of carbonyl (C=O) groups is 1. The van der Waals surface area contributed by atoms with Gasteiger partial charge in [-0.2, -0.15) is 0 Å². The molecule has 29 heavy (non-hydrogen) atoms. The quantitative estimate of drug-likeness (QED) is 0.664. The molecule has 2 aromatic carbocycles. The number of aryl methyl sites for hydroxylation is 1. The number of sulfone groups is 1. The fourth-order valence-corrected chi connectivity index (χ4v) is 5.28. The summed E-state index contributed by atoms with van der Waals surface area (Å²) in [7, 11) is -3.07. The molecule has 5 heteroatoms. The van der Waals surface area contributed by atoms with Crippen LogP contribution in [0.25, 0.3) is 6.08 Å². The van der Waals surface area contributed by atoms with Crippen molar-refractivity contribution in [1.82, 2.24) is 4.90 Å². The number of amides is 1. The number of rotatable bonds is 6. The maximum absolute atomic E-state index is 13.0. The van der Waals surface area contributed by atoms with Crippen molar-refractivity contribution in [3.8, 4) is 0 Å². The first-order valence-electron chi connectivity index (χ1n) is 10.1. The van der Waals surface area contributed by atoms with Gasteiger partial charge < -0.3 is 4.90 Å². The summed E-state index contributed by atoms with van der Waals surface area (Å²) in [5.74, 6) is 0.483. The third kappa shape index (κ3) is 5.80. The van der Waals surface area contributed by atoms with E-state index in [1.165, 1.54) is 5.56 Å². The van der Waals surface area contributed by atoms with Crippen LogP contribution in [0, 0.1) is 6.92 Å². The van der Waals surface area contributed by atoms with Gasteiger partial charge in [0.15, 0.2) is 9.84 Å². The van der Waals surface area contributed by atoms with Crippen molar-refractivity contribution in [2.24, 2.45) is 0 Å². The van der Waals surface area contributed by atoms with Gasteiger partial charge in [0.1, 0.15) is 0 Å². The van der Waals surface area contributed by atoms with Crippen molar-refractivity contribution in [3.05, 3.63) is 76.9 Å². The van der Waals surface area contributed by atoms with Crippen LogP contribution in [0.3, 0.4) is 0 Å². The van der Waals surface area contributed by atoms with Crippen molar-refractivity contribution in [3.63, 3.8) is 0 Å². The number of nitrogens with zero attached hydrogens (tertiary/aromatic N) is 1. The maximum Gasteiger partial charge on any atom is 0.247 e. The van der Waals surface area contributed by atoms with Crippen LogP contribution in [0.5, 0.6) is 0 Å². The monoisotopic (exact) mass is 411 g/mol. The molecule has 0 bridgehead atoms. The van der Waals surface area contributed by atoms with E-state index in [9.17, 15) is 13.2 Å². The van der Waals surface area contributed by atoms with Crippen LogP contribution in [-0.4, -0.2) is 36.8 Å². The van der Waals surface area contributed by atoms with Crippen molar-refractivity contribution < 1.29 is 13.2 Å². The molecule has 0 saturated carbocycles. The maximum atomic E-state index is 13.0. The van der Waals surface area contributed by atoms with Gasteiger partial charge >= 0.3 is 0 Å². The van der Waals surface area contributed by atoms with E-state index in [4.69, 9.17) is 0 Å². The number of hydrogen-bond acceptors (Lipinski definition) is 3. The Hall–Kier alpha value is -2.40. The van der Waals surface area contributed by atoms with Gasteiger partial charge in [-0.3, -0.25) is 4.79 Å². The number of hydrogen-bond donors (Lipinski definition) is 0. The minimum Gasteiger partial charge on any atom is -0.331 e. The molecule has 1 aliphatic rings. The summed E-state index contributed by atoms with van der Waals surface area (Å²) in [5, 5.41) is 0. The molecular formula is C24H29NO3S. The molecule has 0 spiro atoms. The van der Waals surface area contributed by atoms with Gasteiger partial charge in [-0.15, -0.1) is 0 Å². The van der Waals surface area contributed by atoms with Crippen molar-refractivity contribution in [2.75, 3.05) is 11.5 Å². The summed E-state index contributed by atoms with van der Waals surface area (Å²) in [5.41, 5.74) is 4.37. The normalized spacial score (nSPS) is 18.4. The van der Waals surface area contributed by atoms with Crippen LogP contribution in [0.2, 0.25) is 0 Å².